The zero-order chi connectivity index (χ0) is 20.7. The van der Waals surface area contributed by atoms with Crippen LogP contribution in [0.15, 0.2) is 35.5 Å². The molecule has 8 nitrogen and oxygen atoms in total. The Morgan fingerprint density at radius 1 is 0.821 bits per heavy atom. The number of ketones is 1. The number of methoxy groups -OCH3 is 5. The van der Waals surface area contributed by atoms with E-state index in [1.807, 2.05) is 0 Å². The monoisotopic (exact) mass is 389 g/mol. The molecular formula is C20H23NO7. The van der Waals surface area contributed by atoms with Crippen LogP contribution in [-0.2, 0) is 6.42 Å². The minimum absolute atomic E-state index is 0.0542. The topological polar surface area (TPSA) is 95.8 Å². The Hall–Kier alpha value is -3.42. The van der Waals surface area contributed by atoms with Gasteiger partial charge in [-0.05, 0) is 35.9 Å². The third kappa shape index (κ3) is 4.28. The van der Waals surface area contributed by atoms with Gasteiger partial charge in [0.25, 0.3) is 0 Å². The second-order valence-corrected chi connectivity index (χ2v) is 5.66. The lowest BCUT2D eigenvalue weighted by Gasteiger charge is -2.14. The molecule has 1 N–H and O–H groups in total. The number of benzene rings is 2. The number of rotatable bonds is 9. The Labute approximate surface area is 163 Å². The van der Waals surface area contributed by atoms with Crippen molar-refractivity contribution >= 4 is 11.5 Å². The first kappa shape index (κ1) is 20.9. The van der Waals surface area contributed by atoms with Crippen molar-refractivity contribution < 1.29 is 33.7 Å². The Bertz CT molecular complexity index is 852. The van der Waals surface area contributed by atoms with Crippen molar-refractivity contribution in [3.05, 3.63) is 41.5 Å². The van der Waals surface area contributed by atoms with E-state index in [1.54, 1.807) is 24.3 Å². The molecule has 150 valence electrons. The summed E-state index contributed by atoms with van der Waals surface area (Å²) in [4.78, 5) is 12.8. The lowest BCUT2D eigenvalue weighted by Crippen LogP contribution is -2.17. The van der Waals surface area contributed by atoms with Gasteiger partial charge in [0.1, 0.15) is 5.71 Å². The summed E-state index contributed by atoms with van der Waals surface area (Å²) in [5, 5.41) is 12.6. The van der Waals surface area contributed by atoms with Gasteiger partial charge in [-0.3, -0.25) is 4.79 Å². The van der Waals surface area contributed by atoms with Crippen molar-refractivity contribution in [3.8, 4) is 28.7 Å². The van der Waals surface area contributed by atoms with Gasteiger partial charge >= 0.3 is 0 Å². The fraction of sp³-hybridized carbons (Fsp3) is 0.300. The fourth-order valence-electron chi connectivity index (χ4n) is 2.74. The molecule has 0 saturated heterocycles. The number of carbonyl (C=O) groups is 1. The minimum Gasteiger partial charge on any atom is -0.493 e. The first-order valence-corrected chi connectivity index (χ1v) is 8.29. The molecule has 0 unspecified atom stereocenters. The molecule has 0 saturated carbocycles. The summed E-state index contributed by atoms with van der Waals surface area (Å²) in [6, 6.07) is 8.09. The van der Waals surface area contributed by atoms with Crippen LogP contribution < -0.4 is 23.7 Å². The van der Waals surface area contributed by atoms with E-state index >= 15 is 0 Å². The second-order valence-electron chi connectivity index (χ2n) is 5.66. The van der Waals surface area contributed by atoms with Crippen LogP contribution in [0.3, 0.4) is 0 Å². The summed E-state index contributed by atoms with van der Waals surface area (Å²) in [5.74, 6) is 1.75. The van der Waals surface area contributed by atoms with E-state index in [9.17, 15) is 10.0 Å². The van der Waals surface area contributed by atoms with Crippen LogP contribution in [0.2, 0.25) is 0 Å². The summed E-state index contributed by atoms with van der Waals surface area (Å²) in [6.07, 6.45) is 0.0559. The highest BCUT2D eigenvalue weighted by molar-refractivity contribution is 6.46. The highest BCUT2D eigenvalue weighted by atomic mass is 16.5. The molecule has 2 aromatic carbocycles. The van der Waals surface area contributed by atoms with Crippen LogP contribution in [0.4, 0.5) is 0 Å². The Morgan fingerprint density at radius 3 is 1.86 bits per heavy atom. The van der Waals surface area contributed by atoms with Gasteiger partial charge in [0, 0.05) is 12.0 Å². The highest BCUT2D eigenvalue weighted by Gasteiger charge is 2.20. The zero-order valence-electron chi connectivity index (χ0n) is 16.4. The predicted octanol–water partition coefficient (Wildman–Crippen LogP) is 2.99. The van der Waals surface area contributed by atoms with Gasteiger partial charge in [0.15, 0.2) is 23.0 Å². The molecule has 0 atom stereocenters. The fourth-order valence-corrected chi connectivity index (χ4v) is 2.74. The average Bonchev–Trinajstić information content (AvgIpc) is 2.75. The van der Waals surface area contributed by atoms with E-state index in [2.05, 4.69) is 5.16 Å². The van der Waals surface area contributed by atoms with Crippen LogP contribution in [0.25, 0.3) is 0 Å². The average molecular weight is 389 g/mol. The first-order chi connectivity index (χ1) is 13.5. The van der Waals surface area contributed by atoms with Gasteiger partial charge < -0.3 is 28.9 Å². The molecule has 0 aromatic heterocycles. The van der Waals surface area contributed by atoms with Gasteiger partial charge in [-0.15, -0.1) is 0 Å². The zero-order valence-corrected chi connectivity index (χ0v) is 16.4. The van der Waals surface area contributed by atoms with E-state index < -0.39 is 5.78 Å². The molecule has 0 amide bonds. The number of nitrogens with zero attached hydrogens (tertiary/aromatic N) is 1. The van der Waals surface area contributed by atoms with Crippen LogP contribution in [0, 0.1) is 0 Å². The van der Waals surface area contributed by atoms with Crippen molar-refractivity contribution in [2.24, 2.45) is 5.16 Å². The number of carbonyl (C=O) groups excluding carboxylic acids is 1. The third-order valence-corrected chi connectivity index (χ3v) is 4.12. The third-order valence-electron chi connectivity index (χ3n) is 4.12. The van der Waals surface area contributed by atoms with Crippen LogP contribution in [0.5, 0.6) is 28.7 Å². The predicted molar refractivity (Wildman–Crippen MR) is 103 cm³/mol. The first-order valence-electron chi connectivity index (χ1n) is 8.29. The summed E-state index contributed by atoms with van der Waals surface area (Å²) in [7, 11) is 7.47. The number of Topliss-reactive ketones (excluding diaryl/α,β-unsaturated/α-hetero) is 1. The van der Waals surface area contributed by atoms with E-state index in [0.717, 1.165) is 0 Å². The molecule has 28 heavy (non-hydrogen) atoms. The molecule has 0 aliphatic carbocycles. The van der Waals surface area contributed by atoms with Crippen molar-refractivity contribution in [1.82, 2.24) is 0 Å². The van der Waals surface area contributed by atoms with E-state index in [0.29, 0.717) is 39.9 Å². The number of oxime groups is 1. The molecule has 2 aromatic rings. The molecule has 0 aliphatic heterocycles. The molecule has 0 spiro atoms. The molecule has 0 heterocycles. The summed E-state index contributed by atoms with van der Waals surface area (Å²) < 4.78 is 26.3. The highest BCUT2D eigenvalue weighted by Crippen LogP contribution is 2.38. The maximum atomic E-state index is 12.8. The Morgan fingerprint density at radius 2 is 1.39 bits per heavy atom. The number of hydrogen-bond donors (Lipinski definition) is 1. The SMILES string of the molecule is COc1ccc(C(=O)/C(Cc2cc(OC)c(OC)c(OC)c2)=N\O)cc1OC. The molecular weight excluding hydrogens is 366 g/mol. The summed E-state index contributed by atoms with van der Waals surface area (Å²) >= 11 is 0. The quantitative estimate of drug-likeness (QED) is 0.305. The summed E-state index contributed by atoms with van der Waals surface area (Å²) in [6.45, 7) is 0. The van der Waals surface area contributed by atoms with E-state index in [1.165, 1.54) is 41.6 Å². The second kappa shape index (κ2) is 9.50. The van der Waals surface area contributed by atoms with Gasteiger partial charge in [-0.2, -0.15) is 0 Å². The summed E-state index contributed by atoms with van der Waals surface area (Å²) in [5.41, 5.74) is 0.899. The maximum absolute atomic E-state index is 12.8. The van der Waals surface area contributed by atoms with E-state index in [4.69, 9.17) is 23.7 Å². The largest absolute Gasteiger partial charge is 0.493 e. The van der Waals surface area contributed by atoms with Crippen molar-refractivity contribution in [2.45, 2.75) is 6.42 Å². The number of hydrogen-bond acceptors (Lipinski definition) is 8. The minimum atomic E-state index is -0.447. The smallest absolute Gasteiger partial charge is 0.211 e. The maximum Gasteiger partial charge on any atom is 0.211 e. The Balaban J connectivity index is 2.36. The van der Waals surface area contributed by atoms with E-state index in [-0.39, 0.29) is 12.1 Å². The van der Waals surface area contributed by atoms with Crippen molar-refractivity contribution in [1.29, 1.82) is 0 Å². The van der Waals surface area contributed by atoms with Crippen LogP contribution >= 0.6 is 0 Å². The molecule has 0 radical (unpaired) electrons. The molecule has 2 rings (SSSR count). The van der Waals surface area contributed by atoms with Gasteiger partial charge in [0.2, 0.25) is 11.5 Å². The molecule has 0 fully saturated rings. The normalized spacial score (nSPS) is 11.0. The van der Waals surface area contributed by atoms with Gasteiger partial charge in [-0.1, -0.05) is 5.16 Å². The molecule has 8 heteroatoms. The van der Waals surface area contributed by atoms with Crippen LogP contribution in [-0.4, -0.2) is 52.3 Å². The van der Waals surface area contributed by atoms with Gasteiger partial charge in [-0.25, -0.2) is 0 Å². The van der Waals surface area contributed by atoms with Crippen molar-refractivity contribution in [2.75, 3.05) is 35.5 Å². The lowest BCUT2D eigenvalue weighted by molar-refractivity contribution is 0.105. The number of ether oxygens (including phenoxy) is 5. The molecule has 0 bridgehead atoms. The van der Waals surface area contributed by atoms with Crippen molar-refractivity contribution in [3.63, 3.8) is 0 Å². The van der Waals surface area contributed by atoms with Crippen LogP contribution in [0.1, 0.15) is 15.9 Å². The standard InChI is InChI=1S/C20H23NO7/c1-24-15-7-6-13(11-16(15)25-2)19(22)14(21-23)8-12-9-17(26-3)20(28-5)18(10-12)27-4/h6-7,9-11,23H,8H2,1-5H3/b21-14-. The Kier molecular flexibility index (Phi) is 7.08. The van der Waals surface area contributed by atoms with Gasteiger partial charge in [0.05, 0.1) is 35.5 Å². The lowest BCUT2D eigenvalue weighted by atomic mass is 9.99. The molecule has 0 aliphatic rings.